The topological polar surface area (TPSA) is 91.6 Å². The molecule has 0 radical (unpaired) electrons. The lowest BCUT2D eigenvalue weighted by Crippen LogP contribution is -2.34. The summed E-state index contributed by atoms with van der Waals surface area (Å²) in [6.45, 7) is 6.55. The maximum atomic E-state index is 13.7. The van der Waals surface area contributed by atoms with Gasteiger partial charge in [0.1, 0.15) is 0 Å². The van der Waals surface area contributed by atoms with E-state index in [1.807, 2.05) is 38.5 Å². The maximum Gasteiger partial charge on any atom is 0.391 e. The highest BCUT2D eigenvalue weighted by molar-refractivity contribution is 6.39. The van der Waals surface area contributed by atoms with Crippen molar-refractivity contribution in [2.24, 2.45) is 29.3 Å². The molecule has 47 heavy (non-hydrogen) atoms. The van der Waals surface area contributed by atoms with E-state index in [-0.39, 0.29) is 38.1 Å². The molecule has 2 aromatic carbocycles. The number of aliphatic imine (C=N–C) groups is 1. The van der Waals surface area contributed by atoms with Crippen LogP contribution in [0.3, 0.4) is 0 Å². The molecule has 3 aliphatic rings. The van der Waals surface area contributed by atoms with Crippen LogP contribution < -0.4 is 15.5 Å². The monoisotopic (exact) mass is 690 g/mol. The number of carbonyl (C=O) groups excluding carboxylic acids is 2. The molecule has 2 aliphatic carbocycles. The molecule has 13 heteroatoms. The number of benzene rings is 2. The number of piperidine rings is 1. The normalized spacial score (nSPS) is 21.4. The van der Waals surface area contributed by atoms with E-state index in [0.717, 1.165) is 37.0 Å². The molecule has 2 N–H and O–H groups in total. The molecule has 3 aromatic rings. The molecule has 2 atom stereocenters. The van der Waals surface area contributed by atoms with Crippen LogP contribution in [0, 0.1) is 17.3 Å². The van der Waals surface area contributed by atoms with Gasteiger partial charge in [0.2, 0.25) is 11.9 Å². The van der Waals surface area contributed by atoms with Gasteiger partial charge in [-0.3, -0.25) is 9.59 Å². The van der Waals surface area contributed by atoms with Gasteiger partial charge in [-0.25, -0.2) is 9.98 Å². The average molecular weight is 692 g/mol. The zero-order chi connectivity index (χ0) is 33.8. The van der Waals surface area contributed by atoms with Gasteiger partial charge >= 0.3 is 6.18 Å². The Labute approximate surface area is 282 Å². The first-order valence-corrected chi connectivity index (χ1v) is 16.8. The van der Waals surface area contributed by atoms with Crippen molar-refractivity contribution in [3.8, 4) is 0 Å². The summed E-state index contributed by atoms with van der Waals surface area (Å²) in [6.07, 6.45) is -0.753. The van der Waals surface area contributed by atoms with E-state index in [4.69, 9.17) is 28.2 Å². The van der Waals surface area contributed by atoms with E-state index in [1.54, 1.807) is 18.2 Å². The number of hydrogen-bond donors (Lipinski definition) is 2. The summed E-state index contributed by atoms with van der Waals surface area (Å²) >= 11 is 13.4. The first-order valence-electron chi connectivity index (χ1n) is 16.1. The van der Waals surface area contributed by atoms with Crippen LogP contribution in [0.2, 0.25) is 10.0 Å². The van der Waals surface area contributed by atoms with Gasteiger partial charge in [-0.15, -0.1) is 0 Å². The number of nitrogens with one attached hydrogen (secondary N) is 2. The number of aromatic nitrogens is 2. The predicted molar refractivity (Wildman–Crippen MR) is 180 cm³/mol. The Bertz CT molecular complexity index is 1750. The zero-order valence-corrected chi connectivity index (χ0v) is 28.4. The molecule has 6 rings (SSSR count). The second-order valence-electron chi connectivity index (χ2n) is 14.1. The molecular weight excluding hydrogens is 652 g/mol. The molecule has 8 nitrogen and oxygen atoms in total. The van der Waals surface area contributed by atoms with Gasteiger partial charge in [0, 0.05) is 37.3 Å². The second kappa shape index (κ2) is 12.6. The van der Waals surface area contributed by atoms with E-state index < -0.39 is 23.4 Å². The van der Waals surface area contributed by atoms with Crippen molar-refractivity contribution in [2.45, 2.75) is 84.5 Å². The van der Waals surface area contributed by atoms with Crippen LogP contribution in [-0.4, -0.2) is 45.8 Å². The van der Waals surface area contributed by atoms with Crippen molar-refractivity contribution in [3.63, 3.8) is 0 Å². The van der Waals surface area contributed by atoms with Gasteiger partial charge in [0.15, 0.2) is 0 Å². The number of fused-ring (bicyclic) bond motifs is 3. The molecule has 1 aromatic heterocycles. The van der Waals surface area contributed by atoms with Crippen LogP contribution in [0.4, 0.5) is 30.5 Å². The highest BCUT2D eigenvalue weighted by atomic mass is 35.5. The summed E-state index contributed by atoms with van der Waals surface area (Å²) in [7, 11) is 1.85. The third-order valence-corrected chi connectivity index (χ3v) is 10.5. The molecular formula is C34H39Cl2F3N6O2. The summed E-state index contributed by atoms with van der Waals surface area (Å²) in [5.74, 6) is -0.916. The van der Waals surface area contributed by atoms with Crippen LogP contribution in [0.1, 0.15) is 81.6 Å². The van der Waals surface area contributed by atoms with Crippen molar-refractivity contribution in [2.75, 3.05) is 16.8 Å². The first-order chi connectivity index (χ1) is 22.1. The van der Waals surface area contributed by atoms with Gasteiger partial charge in [0.05, 0.1) is 43.9 Å². The number of carbonyl (C=O) groups is 2. The van der Waals surface area contributed by atoms with Crippen LogP contribution in [0.25, 0.3) is 11.0 Å². The fourth-order valence-electron chi connectivity index (χ4n) is 6.96. The minimum atomic E-state index is -4.23. The lowest BCUT2D eigenvalue weighted by atomic mass is 9.87. The fraction of sp³-hybridized carbons (Fsp3) is 0.529. The number of halogens is 5. The molecule has 2 bridgehead atoms. The standard InChI is InChI=1S/C34H39Cl2F3N6O2/c1-33(2,3)31(47)40-16-19-6-12-24(35)29(28(19)36)43-32-42-25-14-23(30(46)41-21-9-7-20(8-10-21)34(37,38)39)26(15-27(25)44(32)4)45-17-18-5-11-22(45)13-18/h6,12,14-15,18,20,22H,5,7-11,13,16-17H2,1-4H3,(H,40,47)(H,42,43). The molecule has 2 amide bonds. The number of anilines is 3. The average Bonchev–Trinajstić information content (AvgIpc) is 3.72. The number of amides is 2. The highest BCUT2D eigenvalue weighted by Crippen LogP contribution is 2.43. The number of nitrogens with zero attached hydrogens (tertiary/aromatic N) is 4. The SMILES string of the molecule is Cn1c(Nc2c(Cl)ccc(CNC(=O)C(C)(C)C)c2Cl)nc2cc(C(=O)N=C3CCC(C(F)(F)F)CC3)c(N3CC4CCC3C4)cc21. The maximum absolute atomic E-state index is 13.7. The Morgan fingerprint density at radius 2 is 1.79 bits per heavy atom. The summed E-state index contributed by atoms with van der Waals surface area (Å²) < 4.78 is 41.5. The quantitative estimate of drug-likeness (QED) is 0.270. The molecule has 2 heterocycles. The van der Waals surface area contributed by atoms with E-state index in [2.05, 4.69) is 20.5 Å². The fourth-order valence-corrected chi connectivity index (χ4v) is 7.49. The zero-order valence-electron chi connectivity index (χ0n) is 26.9. The number of alkyl halides is 3. The Balaban J connectivity index is 1.32. The molecule has 0 spiro atoms. The molecule has 3 fully saturated rings. The highest BCUT2D eigenvalue weighted by Gasteiger charge is 2.41. The second-order valence-corrected chi connectivity index (χ2v) is 14.9. The van der Waals surface area contributed by atoms with Gasteiger partial charge < -0.3 is 20.1 Å². The minimum absolute atomic E-state index is 0.0536. The smallest absolute Gasteiger partial charge is 0.368 e. The van der Waals surface area contributed by atoms with Crippen molar-refractivity contribution >= 4 is 69.1 Å². The minimum Gasteiger partial charge on any atom is -0.368 e. The van der Waals surface area contributed by atoms with Gasteiger partial charge in [-0.1, -0.05) is 50.0 Å². The Kier molecular flexibility index (Phi) is 9.02. The van der Waals surface area contributed by atoms with Crippen molar-refractivity contribution in [3.05, 3.63) is 45.4 Å². The van der Waals surface area contributed by atoms with Gasteiger partial charge in [-0.2, -0.15) is 13.2 Å². The van der Waals surface area contributed by atoms with Gasteiger partial charge in [-0.05, 0) is 74.6 Å². The third-order valence-electron chi connectivity index (χ3n) is 9.76. The molecule has 1 aliphatic heterocycles. The lowest BCUT2D eigenvalue weighted by Gasteiger charge is -2.30. The molecule has 1 saturated heterocycles. The Morgan fingerprint density at radius 3 is 2.40 bits per heavy atom. The predicted octanol–water partition coefficient (Wildman–Crippen LogP) is 8.61. The first kappa shape index (κ1) is 33.6. The van der Waals surface area contributed by atoms with Crippen molar-refractivity contribution in [1.82, 2.24) is 14.9 Å². The summed E-state index contributed by atoms with van der Waals surface area (Å²) in [5.41, 5.74) is 3.56. The molecule has 252 valence electrons. The number of aryl methyl sites for hydroxylation is 1. The Morgan fingerprint density at radius 1 is 1.06 bits per heavy atom. The van der Waals surface area contributed by atoms with Crippen LogP contribution in [0.15, 0.2) is 29.3 Å². The van der Waals surface area contributed by atoms with Crippen LogP contribution in [0.5, 0.6) is 0 Å². The summed E-state index contributed by atoms with van der Waals surface area (Å²) in [6, 6.07) is 7.49. The van der Waals surface area contributed by atoms with Crippen molar-refractivity contribution in [1.29, 1.82) is 0 Å². The third kappa shape index (κ3) is 6.84. The summed E-state index contributed by atoms with van der Waals surface area (Å²) in [5, 5.41) is 6.89. The Hall–Kier alpha value is -3.31. The van der Waals surface area contributed by atoms with Gasteiger partial charge in [0.25, 0.3) is 5.91 Å². The number of imidazole rings is 1. The largest absolute Gasteiger partial charge is 0.391 e. The van der Waals surface area contributed by atoms with Crippen molar-refractivity contribution < 1.29 is 22.8 Å². The lowest BCUT2D eigenvalue weighted by molar-refractivity contribution is -0.178. The van der Waals surface area contributed by atoms with E-state index in [0.29, 0.717) is 56.0 Å². The van der Waals surface area contributed by atoms with Crippen LogP contribution >= 0.6 is 23.2 Å². The molecule has 2 unspecified atom stereocenters. The molecule has 2 saturated carbocycles. The van der Waals surface area contributed by atoms with E-state index >= 15 is 0 Å². The summed E-state index contributed by atoms with van der Waals surface area (Å²) in [4.78, 5) is 37.6. The van der Waals surface area contributed by atoms with Crippen LogP contribution in [-0.2, 0) is 18.4 Å². The van der Waals surface area contributed by atoms with E-state index in [1.165, 1.54) is 0 Å². The van der Waals surface area contributed by atoms with E-state index in [9.17, 15) is 22.8 Å². The number of hydrogen-bond acceptors (Lipinski definition) is 5. The number of rotatable bonds is 6.